The van der Waals surface area contributed by atoms with Gasteiger partial charge in [-0.25, -0.2) is 4.39 Å². The van der Waals surface area contributed by atoms with Crippen LogP contribution in [-0.4, -0.2) is 17.2 Å². The van der Waals surface area contributed by atoms with Gasteiger partial charge in [0.2, 0.25) is 11.8 Å². The van der Waals surface area contributed by atoms with Gasteiger partial charge in [-0.2, -0.15) is 0 Å². The fourth-order valence-corrected chi connectivity index (χ4v) is 2.16. The highest BCUT2D eigenvalue weighted by atomic mass is 35.5. The molecule has 0 aromatic heterocycles. The first-order valence-corrected chi connectivity index (χ1v) is 5.20. The van der Waals surface area contributed by atoms with E-state index in [1.165, 1.54) is 6.07 Å². The lowest BCUT2D eigenvalue weighted by Crippen LogP contribution is -2.22. The van der Waals surface area contributed by atoms with Crippen LogP contribution < -0.4 is 5.32 Å². The van der Waals surface area contributed by atoms with E-state index >= 15 is 0 Å². The quantitative estimate of drug-likeness (QED) is 0.598. The average molecular weight is 242 g/mol. The van der Waals surface area contributed by atoms with Crippen LogP contribution in [0.15, 0.2) is 18.2 Å². The fourth-order valence-electron chi connectivity index (χ4n) is 1.87. The molecule has 2 unspecified atom stereocenters. The van der Waals surface area contributed by atoms with Crippen LogP contribution in [0.2, 0.25) is 0 Å². The standard InChI is InChI=1S/C11H9ClFNO2/c1-5-3-2-4-6(13)7(5)8-9(12)11(16)14-10(8)15/h2-4,8-9H,1H3,(H,14,15,16). The Kier molecular flexibility index (Phi) is 2.68. The monoisotopic (exact) mass is 241 g/mol. The predicted octanol–water partition coefficient (Wildman–Crippen LogP) is 1.48. The van der Waals surface area contributed by atoms with Crippen LogP contribution in [0.3, 0.4) is 0 Å². The SMILES string of the molecule is Cc1cccc(F)c1C1C(=O)NC(=O)C1Cl. The van der Waals surface area contributed by atoms with Crippen molar-refractivity contribution in [3.63, 3.8) is 0 Å². The molecular weight excluding hydrogens is 233 g/mol. The summed E-state index contributed by atoms with van der Waals surface area (Å²) in [6.45, 7) is 1.68. The van der Waals surface area contributed by atoms with Crippen LogP contribution in [0.5, 0.6) is 0 Å². The van der Waals surface area contributed by atoms with Gasteiger partial charge in [-0.05, 0) is 18.6 Å². The molecule has 5 heteroatoms. The Morgan fingerprint density at radius 3 is 2.50 bits per heavy atom. The number of halogens is 2. The Hall–Kier alpha value is -1.42. The fraction of sp³-hybridized carbons (Fsp3) is 0.273. The molecule has 0 bridgehead atoms. The summed E-state index contributed by atoms with van der Waals surface area (Å²) in [6.07, 6.45) is 0. The van der Waals surface area contributed by atoms with Crippen LogP contribution in [0, 0.1) is 12.7 Å². The van der Waals surface area contributed by atoms with Crippen LogP contribution in [-0.2, 0) is 9.59 Å². The summed E-state index contributed by atoms with van der Waals surface area (Å²) in [5, 5.41) is 1.05. The maximum Gasteiger partial charge on any atom is 0.245 e. The molecule has 16 heavy (non-hydrogen) atoms. The third kappa shape index (κ3) is 1.59. The first-order valence-electron chi connectivity index (χ1n) is 4.76. The Morgan fingerprint density at radius 1 is 1.31 bits per heavy atom. The Labute approximate surface area is 96.6 Å². The largest absolute Gasteiger partial charge is 0.295 e. The summed E-state index contributed by atoms with van der Waals surface area (Å²) in [7, 11) is 0. The molecule has 1 heterocycles. The molecule has 84 valence electrons. The molecule has 1 aromatic rings. The van der Waals surface area contributed by atoms with Gasteiger partial charge in [0.25, 0.3) is 0 Å². The molecule has 0 saturated carbocycles. The first kappa shape index (κ1) is 11.1. The van der Waals surface area contributed by atoms with Gasteiger partial charge >= 0.3 is 0 Å². The van der Waals surface area contributed by atoms with Crippen LogP contribution >= 0.6 is 11.6 Å². The molecule has 1 N–H and O–H groups in total. The summed E-state index contributed by atoms with van der Waals surface area (Å²) in [6, 6.07) is 4.48. The Balaban J connectivity index is 2.52. The summed E-state index contributed by atoms with van der Waals surface area (Å²) in [4.78, 5) is 22.7. The maximum atomic E-state index is 13.6. The van der Waals surface area contributed by atoms with E-state index in [2.05, 4.69) is 5.32 Å². The van der Waals surface area contributed by atoms with Crippen molar-refractivity contribution in [2.45, 2.75) is 18.2 Å². The third-order valence-electron chi connectivity index (χ3n) is 2.65. The minimum Gasteiger partial charge on any atom is -0.295 e. The van der Waals surface area contributed by atoms with E-state index in [1.807, 2.05) is 0 Å². The molecule has 1 fully saturated rings. The zero-order chi connectivity index (χ0) is 11.9. The lowest BCUT2D eigenvalue weighted by atomic mass is 9.92. The summed E-state index contributed by atoms with van der Waals surface area (Å²) in [5.41, 5.74) is 0.811. The van der Waals surface area contributed by atoms with Crippen molar-refractivity contribution in [1.29, 1.82) is 0 Å². The van der Waals surface area contributed by atoms with Crippen molar-refractivity contribution in [2.75, 3.05) is 0 Å². The Morgan fingerprint density at radius 2 is 2.00 bits per heavy atom. The molecule has 1 aliphatic heterocycles. The van der Waals surface area contributed by atoms with E-state index in [4.69, 9.17) is 11.6 Å². The molecule has 1 aromatic carbocycles. The van der Waals surface area contributed by atoms with Crippen molar-refractivity contribution < 1.29 is 14.0 Å². The molecule has 0 spiro atoms. The van der Waals surface area contributed by atoms with Gasteiger partial charge in [0.1, 0.15) is 11.2 Å². The maximum absolute atomic E-state index is 13.6. The number of alkyl halides is 1. The third-order valence-corrected chi connectivity index (χ3v) is 3.10. The van der Waals surface area contributed by atoms with Gasteiger partial charge in [-0.3, -0.25) is 14.9 Å². The summed E-state index contributed by atoms with van der Waals surface area (Å²) < 4.78 is 13.6. The number of imide groups is 1. The van der Waals surface area contributed by atoms with E-state index in [9.17, 15) is 14.0 Å². The number of rotatable bonds is 1. The van der Waals surface area contributed by atoms with Gasteiger partial charge in [0, 0.05) is 5.56 Å². The minimum atomic E-state index is -1.04. The molecule has 2 rings (SSSR count). The molecule has 1 aliphatic rings. The van der Waals surface area contributed by atoms with Gasteiger partial charge in [-0.1, -0.05) is 12.1 Å². The number of nitrogens with one attached hydrogen (secondary N) is 1. The van der Waals surface area contributed by atoms with E-state index in [0.717, 1.165) is 0 Å². The number of hydrogen-bond acceptors (Lipinski definition) is 2. The van der Waals surface area contributed by atoms with E-state index in [1.54, 1.807) is 19.1 Å². The number of aryl methyl sites for hydroxylation is 1. The number of benzene rings is 1. The molecule has 0 aliphatic carbocycles. The van der Waals surface area contributed by atoms with Crippen LogP contribution in [0.4, 0.5) is 4.39 Å². The molecule has 1 saturated heterocycles. The average Bonchev–Trinajstić information content (AvgIpc) is 2.44. The zero-order valence-electron chi connectivity index (χ0n) is 8.46. The van der Waals surface area contributed by atoms with Gasteiger partial charge < -0.3 is 0 Å². The van der Waals surface area contributed by atoms with Crippen molar-refractivity contribution >= 4 is 23.4 Å². The lowest BCUT2D eigenvalue weighted by Gasteiger charge is -2.13. The Bertz CT molecular complexity index is 455. The molecule has 2 amide bonds. The highest BCUT2D eigenvalue weighted by Crippen LogP contribution is 2.32. The number of carbonyl (C=O) groups is 2. The summed E-state index contributed by atoms with van der Waals surface area (Å²) >= 11 is 5.80. The zero-order valence-corrected chi connectivity index (χ0v) is 9.22. The van der Waals surface area contributed by atoms with Crippen molar-refractivity contribution in [3.8, 4) is 0 Å². The van der Waals surface area contributed by atoms with Gasteiger partial charge in [0.15, 0.2) is 0 Å². The minimum absolute atomic E-state index is 0.200. The van der Waals surface area contributed by atoms with Crippen molar-refractivity contribution in [2.24, 2.45) is 0 Å². The topological polar surface area (TPSA) is 46.2 Å². The van der Waals surface area contributed by atoms with Gasteiger partial charge in [-0.15, -0.1) is 11.6 Å². The second kappa shape index (κ2) is 3.87. The van der Waals surface area contributed by atoms with E-state index in [-0.39, 0.29) is 5.56 Å². The lowest BCUT2D eigenvalue weighted by molar-refractivity contribution is -0.125. The van der Waals surface area contributed by atoms with E-state index in [0.29, 0.717) is 5.56 Å². The normalized spacial score (nSPS) is 24.7. The predicted molar refractivity (Wildman–Crippen MR) is 56.7 cm³/mol. The summed E-state index contributed by atoms with van der Waals surface area (Å²) in [5.74, 6) is -2.56. The second-order valence-electron chi connectivity index (χ2n) is 3.70. The number of carbonyl (C=O) groups excluding carboxylic acids is 2. The van der Waals surface area contributed by atoms with Crippen LogP contribution in [0.25, 0.3) is 0 Å². The first-order chi connectivity index (χ1) is 7.52. The molecule has 2 atom stereocenters. The van der Waals surface area contributed by atoms with Crippen LogP contribution in [0.1, 0.15) is 17.0 Å². The highest BCUT2D eigenvalue weighted by molar-refractivity contribution is 6.37. The van der Waals surface area contributed by atoms with Crippen molar-refractivity contribution in [1.82, 2.24) is 5.32 Å². The molecule has 0 radical (unpaired) electrons. The smallest absolute Gasteiger partial charge is 0.245 e. The van der Waals surface area contributed by atoms with E-state index < -0.39 is 28.9 Å². The molecule has 3 nitrogen and oxygen atoms in total. The highest BCUT2D eigenvalue weighted by Gasteiger charge is 2.43. The second-order valence-corrected chi connectivity index (χ2v) is 4.17. The van der Waals surface area contributed by atoms with Gasteiger partial charge in [0.05, 0.1) is 5.92 Å². The number of hydrogen-bond donors (Lipinski definition) is 1. The molecular formula is C11H9ClFNO2. The number of amides is 2. The van der Waals surface area contributed by atoms with Crippen molar-refractivity contribution in [3.05, 3.63) is 35.1 Å².